The molecule has 5 nitrogen and oxygen atoms in total. The monoisotopic (exact) mass is 381 g/mol. The first-order chi connectivity index (χ1) is 10.5. The fourth-order valence-electron chi connectivity index (χ4n) is 2.64. The highest BCUT2D eigenvalue weighted by Crippen LogP contribution is 2.31. The highest BCUT2D eigenvalue weighted by atomic mass is 79.9. The fourth-order valence-corrected chi connectivity index (χ4v) is 3.89. The molecule has 0 saturated carbocycles. The molecular formula is C15H16BrN3O2S. The molecule has 2 heterocycles. The molecule has 1 aliphatic heterocycles. The maximum Gasteiger partial charge on any atom is 0.224 e. The summed E-state index contributed by atoms with van der Waals surface area (Å²) in [6, 6.07) is 3.08. The Kier molecular flexibility index (Phi) is 4.46. The summed E-state index contributed by atoms with van der Waals surface area (Å²) in [4.78, 5) is 18.4. The highest BCUT2D eigenvalue weighted by molar-refractivity contribution is 9.10. The number of benzene rings is 1. The molecule has 1 unspecified atom stereocenters. The summed E-state index contributed by atoms with van der Waals surface area (Å²) in [6.45, 7) is 1.19. The van der Waals surface area contributed by atoms with Gasteiger partial charge in [-0.2, -0.15) is 0 Å². The van der Waals surface area contributed by atoms with Gasteiger partial charge in [-0.1, -0.05) is 15.9 Å². The van der Waals surface area contributed by atoms with E-state index in [1.807, 2.05) is 10.3 Å². The average molecular weight is 382 g/mol. The summed E-state index contributed by atoms with van der Waals surface area (Å²) < 4.78 is 0.837. The van der Waals surface area contributed by atoms with Gasteiger partial charge < -0.3 is 15.7 Å². The van der Waals surface area contributed by atoms with Crippen molar-refractivity contribution in [2.24, 2.45) is 5.73 Å². The number of hydrogen-bond acceptors (Lipinski definition) is 5. The molecule has 0 bridgehead atoms. The van der Waals surface area contributed by atoms with E-state index in [0.717, 1.165) is 27.0 Å². The first kappa shape index (κ1) is 15.5. The van der Waals surface area contributed by atoms with Crippen LogP contribution in [0, 0.1) is 0 Å². The van der Waals surface area contributed by atoms with E-state index in [1.54, 1.807) is 18.3 Å². The summed E-state index contributed by atoms with van der Waals surface area (Å²) in [5.74, 6) is 0.282. The lowest BCUT2D eigenvalue weighted by Gasteiger charge is -2.30. The first-order valence-electron chi connectivity index (χ1n) is 6.97. The van der Waals surface area contributed by atoms with Gasteiger partial charge in [0.15, 0.2) is 0 Å². The molecule has 0 saturated heterocycles. The van der Waals surface area contributed by atoms with Gasteiger partial charge in [-0.3, -0.25) is 4.79 Å². The van der Waals surface area contributed by atoms with Crippen molar-refractivity contribution in [1.82, 2.24) is 9.88 Å². The number of thiazole rings is 1. The topological polar surface area (TPSA) is 79.5 Å². The van der Waals surface area contributed by atoms with E-state index in [-0.39, 0.29) is 24.1 Å². The van der Waals surface area contributed by atoms with Crippen LogP contribution in [0.25, 0.3) is 0 Å². The number of carbonyl (C=O) groups excluding carboxylic acids is 1. The number of nitrogens with two attached hydrogens (primary N) is 1. The summed E-state index contributed by atoms with van der Waals surface area (Å²) >= 11 is 4.93. The molecule has 1 aromatic heterocycles. The number of phenols is 1. The average Bonchev–Trinajstić information content (AvgIpc) is 3.01. The van der Waals surface area contributed by atoms with Gasteiger partial charge in [0.1, 0.15) is 10.8 Å². The van der Waals surface area contributed by atoms with Gasteiger partial charge in [0.25, 0.3) is 0 Å². The van der Waals surface area contributed by atoms with Crippen LogP contribution in [0.3, 0.4) is 0 Å². The van der Waals surface area contributed by atoms with E-state index >= 15 is 0 Å². The van der Waals surface area contributed by atoms with Gasteiger partial charge in [0.2, 0.25) is 5.91 Å². The molecule has 0 spiro atoms. The lowest BCUT2D eigenvalue weighted by molar-refractivity contribution is -0.132. The third-order valence-electron chi connectivity index (χ3n) is 3.79. The van der Waals surface area contributed by atoms with Crippen LogP contribution < -0.4 is 5.73 Å². The van der Waals surface area contributed by atoms with E-state index < -0.39 is 0 Å². The largest absolute Gasteiger partial charge is 0.508 e. The molecule has 1 amide bonds. The zero-order chi connectivity index (χ0) is 15.7. The number of halogens is 1. The standard InChI is InChI=1S/C15H16BrN3O2S/c16-12-6-10(20)5-9-1-3-19(8-11(9)12)14(21)7-13(17)15-18-2-4-22-15/h2,4-6,13,20H,1,3,7-8,17H2. The number of rotatable bonds is 3. The predicted molar refractivity (Wildman–Crippen MR) is 88.6 cm³/mol. The summed E-state index contributed by atoms with van der Waals surface area (Å²) in [6.07, 6.45) is 2.70. The van der Waals surface area contributed by atoms with E-state index in [2.05, 4.69) is 20.9 Å². The van der Waals surface area contributed by atoms with Crippen molar-refractivity contribution in [2.45, 2.75) is 25.4 Å². The Balaban J connectivity index is 1.70. The Labute approximate surface area is 140 Å². The Bertz CT molecular complexity index is 690. The zero-order valence-corrected chi connectivity index (χ0v) is 14.2. The minimum absolute atomic E-state index is 0.0355. The molecule has 3 rings (SSSR count). The molecule has 22 heavy (non-hydrogen) atoms. The van der Waals surface area contributed by atoms with Crippen molar-refractivity contribution in [3.8, 4) is 5.75 Å². The second-order valence-corrected chi connectivity index (χ2v) is 7.09. The number of phenolic OH excluding ortho intramolecular Hbond substituents is 1. The second kappa shape index (κ2) is 6.36. The van der Waals surface area contributed by atoms with Crippen molar-refractivity contribution in [3.05, 3.63) is 44.3 Å². The quantitative estimate of drug-likeness (QED) is 0.855. The highest BCUT2D eigenvalue weighted by Gasteiger charge is 2.25. The summed E-state index contributed by atoms with van der Waals surface area (Å²) in [5.41, 5.74) is 8.19. The van der Waals surface area contributed by atoms with Crippen molar-refractivity contribution in [2.75, 3.05) is 6.54 Å². The van der Waals surface area contributed by atoms with Crippen LogP contribution in [0.2, 0.25) is 0 Å². The molecule has 7 heteroatoms. The normalized spacial score (nSPS) is 15.5. The summed E-state index contributed by atoms with van der Waals surface area (Å²) in [5, 5.41) is 12.3. The van der Waals surface area contributed by atoms with Gasteiger partial charge in [-0.15, -0.1) is 11.3 Å². The number of carbonyl (C=O) groups is 1. The SMILES string of the molecule is NC(CC(=O)N1CCc2cc(O)cc(Br)c2C1)c1nccs1. The number of amides is 1. The Morgan fingerprint density at radius 3 is 3.09 bits per heavy atom. The third kappa shape index (κ3) is 3.16. The van der Waals surface area contributed by atoms with Crippen LogP contribution in [0.4, 0.5) is 0 Å². The Morgan fingerprint density at radius 2 is 2.36 bits per heavy atom. The van der Waals surface area contributed by atoms with Crippen molar-refractivity contribution >= 4 is 33.2 Å². The number of aromatic nitrogens is 1. The maximum atomic E-state index is 12.4. The van der Waals surface area contributed by atoms with Gasteiger partial charge in [0.05, 0.1) is 6.04 Å². The molecule has 1 atom stereocenters. The minimum atomic E-state index is -0.350. The molecule has 0 fully saturated rings. The Morgan fingerprint density at radius 1 is 1.55 bits per heavy atom. The summed E-state index contributed by atoms with van der Waals surface area (Å²) in [7, 11) is 0. The molecule has 3 N–H and O–H groups in total. The van der Waals surface area contributed by atoms with E-state index in [9.17, 15) is 9.90 Å². The van der Waals surface area contributed by atoms with E-state index in [4.69, 9.17) is 5.73 Å². The molecule has 0 aliphatic carbocycles. The lowest BCUT2D eigenvalue weighted by atomic mass is 9.99. The number of hydrogen-bond donors (Lipinski definition) is 2. The van der Waals surface area contributed by atoms with Gasteiger partial charge in [-0.25, -0.2) is 4.98 Å². The van der Waals surface area contributed by atoms with Gasteiger partial charge in [-0.05, 0) is 29.7 Å². The maximum absolute atomic E-state index is 12.4. The van der Waals surface area contributed by atoms with Crippen molar-refractivity contribution in [3.63, 3.8) is 0 Å². The number of fused-ring (bicyclic) bond motifs is 1. The number of aromatic hydroxyl groups is 1. The van der Waals surface area contributed by atoms with Crippen LogP contribution in [-0.2, 0) is 17.8 Å². The molecule has 116 valence electrons. The van der Waals surface area contributed by atoms with Gasteiger partial charge in [0, 0.05) is 35.6 Å². The van der Waals surface area contributed by atoms with Gasteiger partial charge >= 0.3 is 0 Å². The fraction of sp³-hybridized carbons (Fsp3) is 0.333. The van der Waals surface area contributed by atoms with E-state index in [1.165, 1.54) is 11.3 Å². The molecule has 1 aromatic carbocycles. The van der Waals surface area contributed by atoms with Crippen LogP contribution >= 0.6 is 27.3 Å². The predicted octanol–water partition coefficient (Wildman–Crippen LogP) is 2.59. The molecular weight excluding hydrogens is 366 g/mol. The first-order valence-corrected chi connectivity index (χ1v) is 8.65. The minimum Gasteiger partial charge on any atom is -0.508 e. The lowest BCUT2D eigenvalue weighted by Crippen LogP contribution is -2.37. The van der Waals surface area contributed by atoms with E-state index in [0.29, 0.717) is 13.1 Å². The molecule has 0 radical (unpaired) electrons. The smallest absolute Gasteiger partial charge is 0.224 e. The number of nitrogens with zero attached hydrogens (tertiary/aromatic N) is 2. The Hall–Kier alpha value is -1.44. The van der Waals surface area contributed by atoms with Crippen molar-refractivity contribution < 1.29 is 9.90 Å². The van der Waals surface area contributed by atoms with Crippen molar-refractivity contribution in [1.29, 1.82) is 0 Å². The van der Waals surface area contributed by atoms with Crippen LogP contribution in [0.1, 0.15) is 28.6 Å². The molecule has 2 aromatic rings. The second-order valence-electron chi connectivity index (χ2n) is 5.31. The third-order valence-corrected chi connectivity index (χ3v) is 5.40. The molecule has 1 aliphatic rings. The van der Waals surface area contributed by atoms with Crippen LogP contribution in [0.5, 0.6) is 5.75 Å². The zero-order valence-electron chi connectivity index (χ0n) is 11.8. The van der Waals surface area contributed by atoms with Crippen LogP contribution in [0.15, 0.2) is 28.2 Å². The van der Waals surface area contributed by atoms with Crippen LogP contribution in [-0.4, -0.2) is 27.4 Å².